The lowest BCUT2D eigenvalue weighted by Gasteiger charge is -2.28. The Labute approximate surface area is 260 Å². The van der Waals surface area contributed by atoms with Crippen molar-refractivity contribution >= 4 is 52.5 Å². The Morgan fingerprint density at radius 2 is 1.50 bits per heavy atom. The Balaban J connectivity index is 1.63. The number of alkyl halides is 3. The van der Waals surface area contributed by atoms with Crippen LogP contribution in [0, 0.1) is 5.92 Å². The number of benzene rings is 3. The molecule has 1 saturated carbocycles. The highest BCUT2D eigenvalue weighted by Gasteiger charge is 2.33. The zero-order chi connectivity index (χ0) is 32.0. The second-order valence-electron chi connectivity index (χ2n) is 10.1. The van der Waals surface area contributed by atoms with Gasteiger partial charge in [-0.25, -0.2) is 9.59 Å². The Morgan fingerprint density at radius 3 is 2.07 bits per heavy atom. The van der Waals surface area contributed by atoms with Crippen molar-refractivity contribution in [1.82, 2.24) is 5.32 Å². The lowest BCUT2D eigenvalue weighted by Crippen LogP contribution is -2.46. The summed E-state index contributed by atoms with van der Waals surface area (Å²) in [6.45, 7) is 0. The first-order valence-electron chi connectivity index (χ1n) is 13.5. The van der Waals surface area contributed by atoms with E-state index in [9.17, 15) is 32.7 Å². The maximum Gasteiger partial charge on any atom is 0.573 e. The summed E-state index contributed by atoms with van der Waals surface area (Å²) in [5.41, 5.74) is 1.11. The van der Waals surface area contributed by atoms with Gasteiger partial charge < -0.3 is 30.5 Å². The van der Waals surface area contributed by atoms with Crippen LogP contribution in [0.2, 0.25) is 10.0 Å². The number of methoxy groups -OCH3 is 1. The highest BCUT2D eigenvalue weighted by molar-refractivity contribution is 6.40. The highest BCUT2D eigenvalue weighted by atomic mass is 35.5. The molecular weight excluding hydrogens is 626 g/mol. The zero-order valence-electron chi connectivity index (χ0n) is 23.3. The number of carbonyl (C=O) groups is 3. The second kappa shape index (κ2) is 14.1. The second-order valence-corrected chi connectivity index (χ2v) is 10.9. The smallest absolute Gasteiger partial charge is 0.497 e. The van der Waals surface area contributed by atoms with E-state index in [0.29, 0.717) is 24.2 Å². The van der Waals surface area contributed by atoms with E-state index in [1.807, 2.05) is 0 Å². The van der Waals surface area contributed by atoms with E-state index in [1.165, 1.54) is 19.2 Å². The molecule has 0 spiro atoms. The van der Waals surface area contributed by atoms with Gasteiger partial charge >= 0.3 is 18.4 Å². The van der Waals surface area contributed by atoms with E-state index < -0.39 is 36.1 Å². The monoisotopic (exact) mass is 653 g/mol. The zero-order valence-corrected chi connectivity index (χ0v) is 24.8. The molecule has 14 heteroatoms. The largest absolute Gasteiger partial charge is 0.573 e. The number of ether oxygens (including phenoxy) is 2. The van der Waals surface area contributed by atoms with E-state index in [0.717, 1.165) is 37.0 Å². The minimum atomic E-state index is -4.98. The summed E-state index contributed by atoms with van der Waals surface area (Å²) in [6.07, 6.45) is -0.935. The van der Waals surface area contributed by atoms with Crippen LogP contribution in [0.15, 0.2) is 54.6 Å². The minimum absolute atomic E-state index is 0.0189. The first-order valence-corrected chi connectivity index (χ1v) is 14.2. The van der Waals surface area contributed by atoms with Crippen molar-refractivity contribution in [3.8, 4) is 22.6 Å². The number of urea groups is 1. The summed E-state index contributed by atoms with van der Waals surface area (Å²) < 4.78 is 46.9. The molecule has 0 bridgehead atoms. The average Bonchev–Trinajstić information content (AvgIpc) is 2.97. The van der Waals surface area contributed by atoms with Gasteiger partial charge in [0.1, 0.15) is 17.5 Å². The van der Waals surface area contributed by atoms with Crippen LogP contribution in [0.1, 0.15) is 42.5 Å². The highest BCUT2D eigenvalue weighted by Crippen LogP contribution is 2.37. The summed E-state index contributed by atoms with van der Waals surface area (Å²) in [7, 11) is 1.52. The first-order chi connectivity index (χ1) is 20.8. The van der Waals surface area contributed by atoms with Gasteiger partial charge in [-0.05, 0) is 54.2 Å². The van der Waals surface area contributed by atoms with Gasteiger partial charge in [0, 0.05) is 12.1 Å². The summed E-state index contributed by atoms with van der Waals surface area (Å²) in [4.78, 5) is 38.6. The van der Waals surface area contributed by atoms with Gasteiger partial charge in [0.05, 0.1) is 34.1 Å². The van der Waals surface area contributed by atoms with Gasteiger partial charge in [0.25, 0.3) is 5.91 Å². The number of hydrogen-bond donors (Lipinski definition) is 4. The van der Waals surface area contributed by atoms with Gasteiger partial charge in [0.15, 0.2) is 0 Å². The van der Waals surface area contributed by atoms with Crippen LogP contribution in [0.4, 0.5) is 29.3 Å². The number of carbonyl (C=O) groups excluding carboxylic acids is 2. The average molecular weight is 654 g/mol. The normalized spacial score (nSPS) is 14.3. The molecule has 4 N–H and O–H groups in total. The third-order valence-corrected chi connectivity index (χ3v) is 7.69. The van der Waals surface area contributed by atoms with Crippen molar-refractivity contribution in [3.05, 3.63) is 70.2 Å². The molecule has 9 nitrogen and oxygen atoms in total. The molecule has 1 atom stereocenters. The van der Waals surface area contributed by atoms with Crippen LogP contribution in [0.3, 0.4) is 0 Å². The number of anilines is 2. The van der Waals surface area contributed by atoms with Crippen molar-refractivity contribution in [2.75, 3.05) is 17.7 Å². The molecule has 1 aliphatic rings. The molecule has 0 aliphatic heterocycles. The van der Waals surface area contributed by atoms with Crippen molar-refractivity contribution in [2.24, 2.45) is 5.92 Å². The van der Waals surface area contributed by atoms with Crippen LogP contribution in [-0.2, 0) is 4.79 Å². The maximum atomic E-state index is 13.4. The van der Waals surface area contributed by atoms with E-state index in [2.05, 4.69) is 20.7 Å². The summed E-state index contributed by atoms with van der Waals surface area (Å²) in [6, 6.07) is 11.2. The van der Waals surface area contributed by atoms with Crippen LogP contribution >= 0.6 is 23.2 Å². The molecule has 3 aromatic rings. The molecule has 3 aromatic carbocycles. The molecule has 1 aliphatic carbocycles. The molecule has 0 saturated heterocycles. The minimum Gasteiger partial charge on any atom is -0.497 e. The summed E-state index contributed by atoms with van der Waals surface area (Å²) >= 11 is 12.2. The van der Waals surface area contributed by atoms with E-state index >= 15 is 0 Å². The first kappa shape index (κ1) is 32.7. The van der Waals surface area contributed by atoms with Crippen molar-refractivity contribution in [2.45, 2.75) is 44.5 Å². The van der Waals surface area contributed by atoms with E-state index in [1.54, 1.807) is 30.3 Å². The van der Waals surface area contributed by atoms with Crippen LogP contribution in [0.5, 0.6) is 11.5 Å². The molecule has 234 valence electrons. The van der Waals surface area contributed by atoms with E-state index in [4.69, 9.17) is 27.9 Å². The standard InChI is InChI=1S/C30H28Cl2F3N3O6/c1-43-19-10-7-16(8-11-19)18-9-12-21(27(39)37-25(28(40)41)17-5-3-2-4-6-17)24(13-18)36-29(42)38-26-22(31)14-20(15-23(26)32)44-30(33,34)35/h7-15,17,25H,2-6H2,1H3,(H,37,39)(H,40,41)(H2,36,38,42)/t25-/m0/s1. The third-order valence-electron chi connectivity index (χ3n) is 7.10. The molecule has 0 aromatic heterocycles. The number of carboxylic acid groups (broad SMARTS) is 1. The SMILES string of the molecule is COc1ccc(-c2ccc(C(=O)N[C@H](C(=O)O)C3CCCCC3)c(NC(=O)Nc3c(Cl)cc(OC(F)(F)F)cc3Cl)c2)cc1. The van der Waals surface area contributed by atoms with E-state index in [-0.39, 0.29) is 32.9 Å². The lowest BCUT2D eigenvalue weighted by molar-refractivity contribution is -0.274. The van der Waals surface area contributed by atoms with Crippen molar-refractivity contribution in [1.29, 1.82) is 0 Å². The molecule has 0 heterocycles. The predicted octanol–water partition coefficient (Wildman–Crippen LogP) is 7.97. The Bertz CT molecular complexity index is 1510. The molecular formula is C30H28Cl2F3N3O6. The number of halogens is 5. The molecule has 44 heavy (non-hydrogen) atoms. The molecule has 3 amide bonds. The molecule has 0 unspecified atom stereocenters. The fourth-order valence-electron chi connectivity index (χ4n) is 5.01. The molecule has 4 rings (SSSR count). The van der Waals surface area contributed by atoms with Crippen LogP contribution in [0.25, 0.3) is 11.1 Å². The van der Waals surface area contributed by atoms with Crippen LogP contribution < -0.4 is 25.4 Å². The quantitative estimate of drug-likeness (QED) is 0.186. The number of carboxylic acids is 1. The number of amides is 3. The van der Waals surface area contributed by atoms with Crippen molar-refractivity contribution < 1.29 is 42.1 Å². The molecule has 0 radical (unpaired) electrons. The maximum absolute atomic E-state index is 13.4. The third kappa shape index (κ3) is 8.48. The van der Waals surface area contributed by atoms with Crippen LogP contribution in [-0.4, -0.2) is 42.5 Å². The van der Waals surface area contributed by atoms with Gasteiger partial charge in [-0.15, -0.1) is 13.2 Å². The summed E-state index contributed by atoms with van der Waals surface area (Å²) in [5.74, 6) is -2.18. The Hall–Kier alpha value is -4.16. The number of nitrogens with one attached hydrogen (secondary N) is 3. The molecule has 1 fully saturated rings. The lowest BCUT2D eigenvalue weighted by atomic mass is 9.83. The van der Waals surface area contributed by atoms with Gasteiger partial charge in [-0.3, -0.25) is 4.79 Å². The number of aliphatic carboxylic acids is 1. The Kier molecular flexibility index (Phi) is 10.5. The predicted molar refractivity (Wildman–Crippen MR) is 160 cm³/mol. The van der Waals surface area contributed by atoms with Crippen molar-refractivity contribution in [3.63, 3.8) is 0 Å². The number of hydrogen-bond acceptors (Lipinski definition) is 5. The van der Waals surface area contributed by atoms with Gasteiger partial charge in [0.2, 0.25) is 0 Å². The Morgan fingerprint density at radius 1 is 0.886 bits per heavy atom. The van der Waals surface area contributed by atoms with Gasteiger partial charge in [-0.2, -0.15) is 0 Å². The fraction of sp³-hybridized carbons (Fsp3) is 0.300. The number of rotatable bonds is 9. The fourth-order valence-corrected chi connectivity index (χ4v) is 5.57. The van der Waals surface area contributed by atoms with Gasteiger partial charge in [-0.1, -0.05) is 60.7 Å². The topological polar surface area (TPSA) is 126 Å². The summed E-state index contributed by atoms with van der Waals surface area (Å²) in [5, 5.41) is 16.7.